The fourth-order valence-corrected chi connectivity index (χ4v) is 0.704. The third-order valence-corrected chi connectivity index (χ3v) is 1.25. The minimum atomic E-state index is -0.370. The van der Waals surface area contributed by atoms with Crippen LogP contribution in [0.4, 0.5) is 0 Å². The smallest absolute Gasteiger partial charge is 0.106 e. The lowest BCUT2D eigenvalue weighted by Gasteiger charge is -2.09. The van der Waals surface area contributed by atoms with Crippen LogP contribution in [-0.4, -0.2) is 17.8 Å². The van der Waals surface area contributed by atoms with Crippen LogP contribution in [0.5, 0.6) is 0 Å². The third kappa shape index (κ3) is 1.57. The van der Waals surface area contributed by atoms with E-state index in [-0.39, 0.29) is 6.10 Å². The number of hydrogen-bond acceptors (Lipinski definition) is 2. The first-order valence-corrected chi connectivity index (χ1v) is 2.97. The number of aliphatic hydroxyl groups excluding tert-OH is 1. The SMILES string of the molecule is CC(O)C1=CCOC=C1. The summed E-state index contributed by atoms with van der Waals surface area (Å²) in [7, 11) is 0. The van der Waals surface area contributed by atoms with E-state index >= 15 is 0 Å². The molecule has 9 heavy (non-hydrogen) atoms. The number of aliphatic hydroxyl groups is 1. The van der Waals surface area contributed by atoms with Gasteiger partial charge in [-0.2, -0.15) is 0 Å². The van der Waals surface area contributed by atoms with Crippen LogP contribution >= 0.6 is 0 Å². The van der Waals surface area contributed by atoms with E-state index in [2.05, 4.69) is 0 Å². The summed E-state index contributed by atoms with van der Waals surface area (Å²) in [6.07, 6.45) is 4.87. The summed E-state index contributed by atoms with van der Waals surface area (Å²) in [6.45, 7) is 2.32. The largest absolute Gasteiger partial charge is 0.497 e. The molecule has 0 saturated heterocycles. The summed E-state index contributed by atoms with van der Waals surface area (Å²) in [5, 5.41) is 9.00. The number of ether oxygens (including phenoxy) is 1. The highest BCUT2D eigenvalue weighted by atomic mass is 16.5. The Kier molecular flexibility index (Phi) is 1.90. The van der Waals surface area contributed by atoms with Gasteiger partial charge in [0, 0.05) is 0 Å². The minimum Gasteiger partial charge on any atom is -0.497 e. The van der Waals surface area contributed by atoms with E-state index in [0.717, 1.165) is 5.57 Å². The molecule has 0 aliphatic carbocycles. The highest BCUT2D eigenvalue weighted by Gasteiger charge is 2.02. The normalized spacial score (nSPS) is 20.4. The summed E-state index contributed by atoms with van der Waals surface area (Å²) < 4.78 is 4.88. The van der Waals surface area contributed by atoms with Gasteiger partial charge in [-0.1, -0.05) is 0 Å². The molecule has 1 atom stereocenters. The third-order valence-electron chi connectivity index (χ3n) is 1.25. The zero-order chi connectivity index (χ0) is 6.69. The van der Waals surface area contributed by atoms with Crippen LogP contribution in [-0.2, 0) is 4.74 Å². The summed E-state index contributed by atoms with van der Waals surface area (Å²) in [4.78, 5) is 0. The lowest BCUT2D eigenvalue weighted by atomic mass is 10.1. The highest BCUT2D eigenvalue weighted by molar-refractivity contribution is 5.22. The van der Waals surface area contributed by atoms with E-state index in [4.69, 9.17) is 9.84 Å². The standard InChI is InChI=1S/C7H10O2/c1-6(8)7-2-4-9-5-3-7/h2-4,6,8H,5H2,1H3. The Morgan fingerprint density at radius 1 is 1.78 bits per heavy atom. The molecule has 0 aromatic rings. The van der Waals surface area contributed by atoms with Crippen LogP contribution in [0.15, 0.2) is 24.0 Å². The van der Waals surface area contributed by atoms with Crippen LogP contribution in [0, 0.1) is 0 Å². The fraction of sp³-hybridized carbons (Fsp3) is 0.429. The second-order valence-electron chi connectivity index (χ2n) is 2.02. The first-order chi connectivity index (χ1) is 4.30. The zero-order valence-electron chi connectivity index (χ0n) is 5.37. The molecule has 0 spiro atoms. The van der Waals surface area contributed by atoms with Gasteiger partial charge in [0.1, 0.15) is 6.61 Å². The van der Waals surface area contributed by atoms with E-state index in [1.54, 1.807) is 19.3 Å². The average molecular weight is 126 g/mol. The molecule has 0 radical (unpaired) electrons. The van der Waals surface area contributed by atoms with Crippen molar-refractivity contribution in [3.63, 3.8) is 0 Å². The molecule has 1 unspecified atom stereocenters. The number of hydrogen-bond donors (Lipinski definition) is 1. The molecule has 50 valence electrons. The molecule has 0 aromatic carbocycles. The Bertz CT molecular complexity index is 145. The van der Waals surface area contributed by atoms with Gasteiger partial charge in [0.2, 0.25) is 0 Å². The van der Waals surface area contributed by atoms with Crippen molar-refractivity contribution < 1.29 is 9.84 Å². The monoisotopic (exact) mass is 126 g/mol. The molecule has 0 aromatic heterocycles. The molecule has 1 rings (SSSR count). The molecule has 2 heteroatoms. The predicted octanol–water partition coefficient (Wildman–Crippen LogP) is 0.837. The molecule has 1 aliphatic rings. The van der Waals surface area contributed by atoms with Crippen molar-refractivity contribution in [3.8, 4) is 0 Å². The van der Waals surface area contributed by atoms with Crippen molar-refractivity contribution in [2.45, 2.75) is 13.0 Å². The second-order valence-corrected chi connectivity index (χ2v) is 2.02. The predicted molar refractivity (Wildman–Crippen MR) is 34.9 cm³/mol. The maximum atomic E-state index is 9.00. The van der Waals surface area contributed by atoms with Gasteiger partial charge in [-0.15, -0.1) is 0 Å². The van der Waals surface area contributed by atoms with E-state index < -0.39 is 0 Å². The molecule has 1 aliphatic heterocycles. The lowest BCUT2D eigenvalue weighted by Crippen LogP contribution is -2.05. The van der Waals surface area contributed by atoms with E-state index in [1.165, 1.54) is 0 Å². The van der Waals surface area contributed by atoms with E-state index in [1.807, 2.05) is 6.08 Å². The van der Waals surface area contributed by atoms with Crippen molar-refractivity contribution in [3.05, 3.63) is 24.0 Å². The van der Waals surface area contributed by atoms with Gasteiger partial charge in [-0.05, 0) is 24.6 Å². The molecule has 1 N–H and O–H groups in total. The number of rotatable bonds is 1. The average Bonchev–Trinajstić information content (AvgIpc) is 1.90. The van der Waals surface area contributed by atoms with Crippen molar-refractivity contribution in [2.24, 2.45) is 0 Å². The van der Waals surface area contributed by atoms with E-state index in [9.17, 15) is 0 Å². The Hall–Kier alpha value is -0.760. The molecule has 0 fully saturated rings. The van der Waals surface area contributed by atoms with Crippen molar-refractivity contribution >= 4 is 0 Å². The highest BCUT2D eigenvalue weighted by Crippen LogP contribution is 2.07. The van der Waals surface area contributed by atoms with Gasteiger partial charge in [0.15, 0.2) is 0 Å². The van der Waals surface area contributed by atoms with Crippen molar-refractivity contribution in [2.75, 3.05) is 6.61 Å². The van der Waals surface area contributed by atoms with Crippen LogP contribution in [0.1, 0.15) is 6.92 Å². The topological polar surface area (TPSA) is 29.5 Å². The zero-order valence-corrected chi connectivity index (χ0v) is 5.37. The summed E-state index contributed by atoms with van der Waals surface area (Å²) >= 11 is 0. The molecule has 0 bridgehead atoms. The van der Waals surface area contributed by atoms with Crippen molar-refractivity contribution in [1.82, 2.24) is 0 Å². The maximum absolute atomic E-state index is 9.00. The molecule has 1 heterocycles. The van der Waals surface area contributed by atoms with Crippen LogP contribution in [0.25, 0.3) is 0 Å². The van der Waals surface area contributed by atoms with Crippen LogP contribution in [0.2, 0.25) is 0 Å². The van der Waals surface area contributed by atoms with E-state index in [0.29, 0.717) is 6.61 Å². The molecule has 0 saturated carbocycles. The second kappa shape index (κ2) is 2.69. The Morgan fingerprint density at radius 3 is 2.89 bits per heavy atom. The summed E-state index contributed by atoms with van der Waals surface area (Å²) in [6, 6.07) is 0. The molecular weight excluding hydrogens is 116 g/mol. The summed E-state index contributed by atoms with van der Waals surface area (Å²) in [5.74, 6) is 0. The Labute approximate surface area is 54.5 Å². The quantitative estimate of drug-likeness (QED) is 0.564. The van der Waals surface area contributed by atoms with Gasteiger partial charge < -0.3 is 9.84 Å². The van der Waals surface area contributed by atoms with Crippen molar-refractivity contribution in [1.29, 1.82) is 0 Å². The van der Waals surface area contributed by atoms with Crippen LogP contribution < -0.4 is 0 Å². The Balaban J connectivity index is 2.58. The first kappa shape index (κ1) is 6.36. The van der Waals surface area contributed by atoms with Crippen LogP contribution in [0.3, 0.4) is 0 Å². The molecule has 0 amide bonds. The van der Waals surface area contributed by atoms with Gasteiger partial charge in [0.05, 0.1) is 12.4 Å². The molecule has 2 nitrogen and oxygen atoms in total. The van der Waals surface area contributed by atoms with Gasteiger partial charge in [-0.3, -0.25) is 0 Å². The maximum Gasteiger partial charge on any atom is 0.106 e. The Morgan fingerprint density at radius 2 is 2.56 bits per heavy atom. The van der Waals surface area contributed by atoms with Gasteiger partial charge in [-0.25, -0.2) is 0 Å². The molecular formula is C7H10O2. The van der Waals surface area contributed by atoms with Gasteiger partial charge >= 0.3 is 0 Å². The van der Waals surface area contributed by atoms with Gasteiger partial charge in [0.25, 0.3) is 0 Å². The lowest BCUT2D eigenvalue weighted by molar-refractivity contribution is 0.225. The summed E-state index contributed by atoms with van der Waals surface area (Å²) in [5.41, 5.74) is 0.932. The minimum absolute atomic E-state index is 0.370. The first-order valence-electron chi connectivity index (χ1n) is 2.97. The fourth-order valence-electron chi connectivity index (χ4n) is 0.704.